The van der Waals surface area contributed by atoms with Crippen LogP contribution >= 0.6 is 11.6 Å². The van der Waals surface area contributed by atoms with Gasteiger partial charge in [-0.25, -0.2) is 4.98 Å². The molecule has 0 radical (unpaired) electrons. The van der Waals surface area contributed by atoms with E-state index in [0.717, 1.165) is 11.4 Å². The van der Waals surface area contributed by atoms with Crippen LogP contribution in [0.4, 0.5) is 11.6 Å². The van der Waals surface area contributed by atoms with Crippen molar-refractivity contribution in [2.45, 2.75) is 20.8 Å². The molecular formula is C14H16ClN5O. The Labute approximate surface area is 128 Å². The number of carbonyl (C=O) groups excluding carboxylic acids is 1. The van der Waals surface area contributed by atoms with Crippen molar-refractivity contribution >= 4 is 29.1 Å². The molecule has 1 amide bonds. The van der Waals surface area contributed by atoms with Crippen LogP contribution in [0.25, 0.3) is 0 Å². The van der Waals surface area contributed by atoms with E-state index < -0.39 is 0 Å². The van der Waals surface area contributed by atoms with Crippen molar-refractivity contribution in [1.29, 1.82) is 0 Å². The maximum absolute atomic E-state index is 12.3. The fraction of sp³-hybridized carbons (Fsp3) is 0.286. The second-order valence-corrected chi connectivity index (χ2v) is 4.92. The van der Waals surface area contributed by atoms with E-state index in [4.69, 9.17) is 11.6 Å². The Bertz CT molecular complexity index is 674. The molecule has 0 saturated heterocycles. The summed E-state index contributed by atoms with van der Waals surface area (Å²) in [5.74, 6) is -0.163. The highest BCUT2D eigenvalue weighted by Crippen LogP contribution is 2.21. The standard InChI is InChI=1S/C14H16ClN5O/c1-4-16-12-6-5-10(15)7-11(12)13(21)18-14-17-8(2)9(3)19-20-14/h5-7,16H,4H2,1-3H3,(H,17,18,20,21). The molecule has 1 heterocycles. The summed E-state index contributed by atoms with van der Waals surface area (Å²) < 4.78 is 0. The fourth-order valence-electron chi connectivity index (χ4n) is 1.73. The van der Waals surface area contributed by atoms with Crippen molar-refractivity contribution in [3.63, 3.8) is 0 Å². The van der Waals surface area contributed by atoms with Crippen molar-refractivity contribution in [2.75, 3.05) is 17.2 Å². The summed E-state index contributed by atoms with van der Waals surface area (Å²) in [5, 5.41) is 14.0. The highest BCUT2D eigenvalue weighted by Gasteiger charge is 2.14. The third kappa shape index (κ3) is 3.66. The minimum absolute atomic E-state index is 0.172. The van der Waals surface area contributed by atoms with E-state index in [-0.39, 0.29) is 11.9 Å². The molecule has 0 atom stereocenters. The monoisotopic (exact) mass is 305 g/mol. The summed E-state index contributed by atoms with van der Waals surface area (Å²) in [6.07, 6.45) is 0. The molecule has 0 aliphatic rings. The second-order valence-electron chi connectivity index (χ2n) is 4.48. The molecule has 110 valence electrons. The summed E-state index contributed by atoms with van der Waals surface area (Å²) in [6.45, 7) is 6.26. The third-order valence-corrected chi connectivity index (χ3v) is 3.15. The highest BCUT2D eigenvalue weighted by molar-refractivity contribution is 6.31. The Morgan fingerprint density at radius 1 is 1.24 bits per heavy atom. The summed E-state index contributed by atoms with van der Waals surface area (Å²) in [4.78, 5) is 16.5. The number of amides is 1. The number of nitrogens with zero attached hydrogens (tertiary/aromatic N) is 3. The van der Waals surface area contributed by atoms with Gasteiger partial charge in [-0.3, -0.25) is 10.1 Å². The largest absolute Gasteiger partial charge is 0.385 e. The number of aryl methyl sites for hydroxylation is 2. The molecular weight excluding hydrogens is 290 g/mol. The van der Waals surface area contributed by atoms with E-state index >= 15 is 0 Å². The van der Waals surface area contributed by atoms with Gasteiger partial charge < -0.3 is 5.32 Å². The van der Waals surface area contributed by atoms with Crippen molar-refractivity contribution in [3.05, 3.63) is 40.2 Å². The van der Waals surface area contributed by atoms with E-state index in [9.17, 15) is 4.79 Å². The molecule has 7 heteroatoms. The normalized spacial score (nSPS) is 10.3. The van der Waals surface area contributed by atoms with Gasteiger partial charge in [-0.1, -0.05) is 11.6 Å². The lowest BCUT2D eigenvalue weighted by molar-refractivity contribution is 0.102. The number of nitrogens with one attached hydrogen (secondary N) is 2. The van der Waals surface area contributed by atoms with Crippen LogP contribution in [-0.2, 0) is 0 Å². The van der Waals surface area contributed by atoms with Crippen molar-refractivity contribution in [2.24, 2.45) is 0 Å². The lowest BCUT2D eigenvalue weighted by Crippen LogP contribution is -2.17. The summed E-state index contributed by atoms with van der Waals surface area (Å²) in [7, 11) is 0. The lowest BCUT2D eigenvalue weighted by atomic mass is 10.1. The molecule has 0 aliphatic carbocycles. The molecule has 2 aromatic rings. The van der Waals surface area contributed by atoms with Crippen LogP contribution < -0.4 is 10.6 Å². The van der Waals surface area contributed by atoms with Gasteiger partial charge in [0.2, 0.25) is 5.95 Å². The number of halogens is 1. The Morgan fingerprint density at radius 3 is 2.67 bits per heavy atom. The number of aromatic nitrogens is 3. The number of carbonyl (C=O) groups is 1. The van der Waals surface area contributed by atoms with E-state index in [1.165, 1.54) is 0 Å². The molecule has 6 nitrogen and oxygen atoms in total. The number of hydrogen-bond donors (Lipinski definition) is 2. The van der Waals surface area contributed by atoms with Crippen molar-refractivity contribution < 1.29 is 4.79 Å². The average Bonchev–Trinajstić information content (AvgIpc) is 2.45. The van der Waals surface area contributed by atoms with E-state index in [1.54, 1.807) is 25.1 Å². The zero-order valence-corrected chi connectivity index (χ0v) is 12.8. The maximum atomic E-state index is 12.3. The van der Waals surface area contributed by atoms with Crippen molar-refractivity contribution in [3.8, 4) is 0 Å². The first-order valence-electron chi connectivity index (χ1n) is 6.54. The Balaban J connectivity index is 2.27. The van der Waals surface area contributed by atoms with Gasteiger partial charge in [0.25, 0.3) is 5.91 Å². The number of hydrogen-bond acceptors (Lipinski definition) is 5. The van der Waals surface area contributed by atoms with E-state index in [1.807, 2.05) is 13.8 Å². The topological polar surface area (TPSA) is 79.8 Å². The molecule has 21 heavy (non-hydrogen) atoms. The molecule has 0 unspecified atom stereocenters. The smallest absolute Gasteiger partial charge is 0.260 e. The van der Waals surface area contributed by atoms with Gasteiger partial charge in [-0.2, -0.15) is 5.10 Å². The molecule has 1 aromatic carbocycles. The number of anilines is 2. The molecule has 2 N–H and O–H groups in total. The first-order valence-corrected chi connectivity index (χ1v) is 6.91. The second kappa shape index (κ2) is 6.49. The third-order valence-electron chi connectivity index (χ3n) is 2.91. The minimum Gasteiger partial charge on any atom is -0.385 e. The SMILES string of the molecule is CCNc1ccc(Cl)cc1C(=O)Nc1nnc(C)c(C)n1. The molecule has 0 saturated carbocycles. The molecule has 2 rings (SSSR count). The van der Waals surface area contributed by atoms with Gasteiger partial charge in [0, 0.05) is 17.3 Å². The predicted octanol–water partition coefficient (Wildman–Crippen LogP) is 2.83. The van der Waals surface area contributed by atoms with Crippen LogP contribution in [0, 0.1) is 13.8 Å². The quantitative estimate of drug-likeness (QED) is 0.908. The molecule has 0 fully saturated rings. The zero-order chi connectivity index (χ0) is 15.4. The highest BCUT2D eigenvalue weighted by atomic mass is 35.5. The maximum Gasteiger partial charge on any atom is 0.260 e. The number of rotatable bonds is 4. The van der Waals surface area contributed by atoms with Gasteiger partial charge in [0.1, 0.15) is 0 Å². The van der Waals surface area contributed by atoms with Crippen LogP contribution in [0.5, 0.6) is 0 Å². The van der Waals surface area contributed by atoms with Gasteiger partial charge in [-0.15, -0.1) is 5.10 Å². The summed E-state index contributed by atoms with van der Waals surface area (Å²) >= 11 is 5.96. The predicted molar refractivity (Wildman–Crippen MR) is 82.9 cm³/mol. The molecule has 0 spiro atoms. The Morgan fingerprint density at radius 2 is 2.00 bits per heavy atom. The Hall–Kier alpha value is -2.21. The van der Waals surface area contributed by atoms with Crippen LogP contribution in [0.1, 0.15) is 28.7 Å². The molecule has 0 aliphatic heterocycles. The first-order chi connectivity index (χ1) is 10.0. The van der Waals surface area contributed by atoms with E-state index in [2.05, 4.69) is 25.8 Å². The van der Waals surface area contributed by atoms with Gasteiger partial charge in [0.05, 0.1) is 17.0 Å². The van der Waals surface area contributed by atoms with Gasteiger partial charge in [0.15, 0.2) is 0 Å². The average molecular weight is 306 g/mol. The van der Waals surface area contributed by atoms with Crippen molar-refractivity contribution in [1.82, 2.24) is 15.2 Å². The molecule has 1 aromatic heterocycles. The fourth-order valence-corrected chi connectivity index (χ4v) is 1.90. The van der Waals surface area contributed by atoms with Crippen LogP contribution in [0.2, 0.25) is 5.02 Å². The van der Waals surface area contributed by atoms with Crippen LogP contribution in [0.3, 0.4) is 0 Å². The lowest BCUT2D eigenvalue weighted by Gasteiger charge is -2.11. The Kier molecular flexibility index (Phi) is 4.70. The minimum atomic E-state index is -0.335. The van der Waals surface area contributed by atoms with Gasteiger partial charge in [-0.05, 0) is 39.0 Å². The summed E-state index contributed by atoms with van der Waals surface area (Å²) in [6, 6.07) is 5.09. The van der Waals surface area contributed by atoms with Crippen LogP contribution in [-0.4, -0.2) is 27.6 Å². The van der Waals surface area contributed by atoms with Gasteiger partial charge >= 0.3 is 0 Å². The molecule has 0 bridgehead atoms. The zero-order valence-electron chi connectivity index (χ0n) is 12.1. The summed E-state index contributed by atoms with van der Waals surface area (Å²) in [5.41, 5.74) is 2.59. The first kappa shape index (κ1) is 15.2. The van der Waals surface area contributed by atoms with E-state index in [0.29, 0.717) is 22.8 Å². The number of benzene rings is 1. The van der Waals surface area contributed by atoms with Crippen LogP contribution in [0.15, 0.2) is 18.2 Å².